The van der Waals surface area contributed by atoms with Crippen LogP contribution in [-0.2, 0) is 6.42 Å². The third-order valence-electron chi connectivity index (χ3n) is 6.59. The molecule has 0 saturated heterocycles. The maximum atomic E-state index is 6.38. The zero-order chi connectivity index (χ0) is 21.8. The number of aryl methyl sites for hydroxylation is 1. The summed E-state index contributed by atoms with van der Waals surface area (Å²) < 4.78 is 10.4. The zero-order valence-corrected chi connectivity index (χ0v) is 18.2. The lowest BCUT2D eigenvalue weighted by molar-refractivity contribution is 0.227. The predicted octanol–water partition coefficient (Wildman–Crippen LogP) is 4.19. The molecule has 0 unspecified atom stereocenters. The van der Waals surface area contributed by atoms with Crippen molar-refractivity contribution in [3.8, 4) is 22.7 Å². The number of nitrogens with zero attached hydrogens (tertiary/aromatic N) is 6. The quantitative estimate of drug-likeness (QED) is 0.489. The highest BCUT2D eigenvalue weighted by Crippen LogP contribution is 2.39. The van der Waals surface area contributed by atoms with E-state index in [1.54, 1.807) is 0 Å². The molecule has 6 rings (SSSR count). The van der Waals surface area contributed by atoms with E-state index in [0.717, 1.165) is 52.2 Å². The first-order valence-electron chi connectivity index (χ1n) is 11.1. The molecule has 1 fully saturated rings. The second kappa shape index (κ2) is 7.19. The van der Waals surface area contributed by atoms with E-state index in [1.807, 2.05) is 36.3 Å². The number of anilines is 1. The van der Waals surface area contributed by atoms with Crippen molar-refractivity contribution in [2.45, 2.75) is 51.7 Å². The number of benzene rings is 1. The first-order valence-corrected chi connectivity index (χ1v) is 11.1. The molecule has 0 amide bonds. The van der Waals surface area contributed by atoms with Crippen LogP contribution in [0.2, 0.25) is 0 Å². The smallest absolute Gasteiger partial charge is 0.166 e. The summed E-state index contributed by atoms with van der Waals surface area (Å²) in [6, 6.07) is 8.70. The number of fused-ring (bicyclic) bond motifs is 7. The number of ether oxygens (including phenoxy) is 1. The lowest BCUT2D eigenvalue weighted by Crippen LogP contribution is -2.19. The van der Waals surface area contributed by atoms with Crippen LogP contribution in [0, 0.1) is 6.92 Å². The Morgan fingerprint density at radius 3 is 2.81 bits per heavy atom. The molecule has 1 atom stereocenters. The van der Waals surface area contributed by atoms with Gasteiger partial charge in [-0.25, -0.2) is 9.67 Å². The molecule has 3 aromatic heterocycles. The highest BCUT2D eigenvalue weighted by atomic mass is 16.5. The van der Waals surface area contributed by atoms with E-state index in [1.165, 1.54) is 6.42 Å². The van der Waals surface area contributed by atoms with Crippen LogP contribution < -0.4 is 10.5 Å². The molecule has 4 heterocycles. The van der Waals surface area contributed by atoms with Crippen LogP contribution >= 0.6 is 0 Å². The molecule has 4 aromatic rings. The molecule has 2 N–H and O–H groups in total. The monoisotopic (exact) mass is 427 g/mol. The standard InChI is InChI=1S/C24H25N7O/c1-14-6-7-21-20(8-14)15(2)32-22-10-17(11-26-24(22)25)23-16(9-19-13-27-29-30(19)21)12-28-31(23)18-4-3-5-18/h6-8,10-13,15,18H,3-5,9H2,1-2H3,(H2,25,26)/t15-/m1/s1. The van der Waals surface area contributed by atoms with Crippen molar-refractivity contribution >= 4 is 5.82 Å². The predicted molar refractivity (Wildman–Crippen MR) is 121 cm³/mol. The zero-order valence-electron chi connectivity index (χ0n) is 18.2. The maximum absolute atomic E-state index is 6.38. The Hall–Kier alpha value is -3.68. The average molecular weight is 428 g/mol. The van der Waals surface area contributed by atoms with E-state index in [0.29, 0.717) is 24.0 Å². The summed E-state index contributed by atoms with van der Waals surface area (Å²) in [4.78, 5) is 4.48. The van der Waals surface area contributed by atoms with Gasteiger partial charge in [0.05, 0.1) is 35.5 Å². The molecule has 1 saturated carbocycles. The molecule has 162 valence electrons. The fraction of sp³-hybridized carbons (Fsp3) is 0.333. The molecule has 0 spiro atoms. The molecule has 8 nitrogen and oxygen atoms in total. The Kier molecular flexibility index (Phi) is 4.28. The number of nitrogens with two attached hydrogens (primary N) is 1. The van der Waals surface area contributed by atoms with Crippen molar-refractivity contribution in [3.63, 3.8) is 0 Å². The van der Waals surface area contributed by atoms with Crippen molar-refractivity contribution < 1.29 is 4.74 Å². The van der Waals surface area contributed by atoms with Crippen molar-refractivity contribution in [3.05, 3.63) is 65.2 Å². The van der Waals surface area contributed by atoms with Gasteiger partial charge in [-0.15, -0.1) is 5.10 Å². The van der Waals surface area contributed by atoms with Gasteiger partial charge in [-0.3, -0.25) is 4.68 Å². The molecule has 1 aliphatic heterocycles. The number of hydrogen-bond donors (Lipinski definition) is 1. The Labute approximate surface area is 186 Å². The fourth-order valence-electron chi connectivity index (χ4n) is 4.65. The number of hydrogen-bond acceptors (Lipinski definition) is 6. The summed E-state index contributed by atoms with van der Waals surface area (Å²) in [7, 11) is 0. The van der Waals surface area contributed by atoms with Gasteiger partial charge < -0.3 is 10.5 Å². The van der Waals surface area contributed by atoms with E-state index >= 15 is 0 Å². The van der Waals surface area contributed by atoms with E-state index in [9.17, 15) is 0 Å². The highest BCUT2D eigenvalue weighted by Gasteiger charge is 2.27. The van der Waals surface area contributed by atoms with Gasteiger partial charge in [0.15, 0.2) is 11.6 Å². The Bertz CT molecular complexity index is 1320. The summed E-state index contributed by atoms with van der Waals surface area (Å²) >= 11 is 0. The summed E-state index contributed by atoms with van der Waals surface area (Å²) in [6.07, 6.45) is 9.55. The van der Waals surface area contributed by atoms with E-state index in [2.05, 4.69) is 45.1 Å². The third kappa shape index (κ3) is 2.97. The van der Waals surface area contributed by atoms with Crippen LogP contribution in [-0.4, -0.2) is 29.8 Å². The molecular formula is C24H25N7O. The van der Waals surface area contributed by atoms with Crippen molar-refractivity contribution in [2.24, 2.45) is 0 Å². The highest BCUT2D eigenvalue weighted by molar-refractivity contribution is 5.68. The maximum Gasteiger partial charge on any atom is 0.166 e. The van der Waals surface area contributed by atoms with Crippen molar-refractivity contribution in [1.82, 2.24) is 29.8 Å². The van der Waals surface area contributed by atoms with Gasteiger partial charge >= 0.3 is 0 Å². The summed E-state index contributed by atoms with van der Waals surface area (Å²) in [5, 5.41) is 13.4. The van der Waals surface area contributed by atoms with Gasteiger partial charge in [0.1, 0.15) is 6.10 Å². The van der Waals surface area contributed by atoms with Crippen molar-refractivity contribution in [2.75, 3.05) is 5.73 Å². The lowest BCUT2D eigenvalue weighted by Gasteiger charge is -2.28. The molecule has 2 aliphatic rings. The minimum absolute atomic E-state index is 0.253. The molecule has 2 bridgehead atoms. The lowest BCUT2D eigenvalue weighted by atomic mass is 9.92. The van der Waals surface area contributed by atoms with Crippen molar-refractivity contribution in [1.29, 1.82) is 0 Å². The van der Waals surface area contributed by atoms with Crippen LogP contribution in [0.25, 0.3) is 16.9 Å². The molecule has 1 aliphatic carbocycles. The normalized spacial score (nSPS) is 17.8. The molecule has 1 aromatic carbocycles. The van der Waals surface area contributed by atoms with Crippen LogP contribution in [0.3, 0.4) is 0 Å². The number of rotatable bonds is 1. The molecular weight excluding hydrogens is 402 g/mol. The van der Waals surface area contributed by atoms with Gasteiger partial charge in [0.2, 0.25) is 0 Å². The molecule has 32 heavy (non-hydrogen) atoms. The SMILES string of the molecule is Cc1ccc2c(c1)[C@@H](C)Oc1cc(cnc1N)-c1c(cnn1C1CCC1)Cc1cnnn1-2. The Morgan fingerprint density at radius 2 is 2.00 bits per heavy atom. The van der Waals surface area contributed by atoms with Crippen LogP contribution in [0.15, 0.2) is 42.9 Å². The van der Waals surface area contributed by atoms with Gasteiger partial charge in [0, 0.05) is 29.3 Å². The Morgan fingerprint density at radius 1 is 1.12 bits per heavy atom. The topological polar surface area (TPSA) is 96.7 Å². The van der Waals surface area contributed by atoms with E-state index < -0.39 is 0 Å². The number of pyridine rings is 1. The Balaban J connectivity index is 1.60. The summed E-state index contributed by atoms with van der Waals surface area (Å²) in [5.74, 6) is 0.957. The van der Waals surface area contributed by atoms with E-state index in [4.69, 9.17) is 15.6 Å². The van der Waals surface area contributed by atoms with Gasteiger partial charge in [0.25, 0.3) is 0 Å². The molecule has 8 heteroatoms. The minimum Gasteiger partial charge on any atom is -0.482 e. The van der Waals surface area contributed by atoms with Gasteiger partial charge in [-0.05, 0) is 45.2 Å². The molecule has 0 radical (unpaired) electrons. The van der Waals surface area contributed by atoms with Crippen LogP contribution in [0.5, 0.6) is 5.75 Å². The van der Waals surface area contributed by atoms with Gasteiger partial charge in [-0.1, -0.05) is 22.9 Å². The van der Waals surface area contributed by atoms with Crippen LogP contribution in [0.1, 0.15) is 60.7 Å². The largest absolute Gasteiger partial charge is 0.482 e. The van der Waals surface area contributed by atoms with Crippen LogP contribution in [0.4, 0.5) is 5.82 Å². The second-order valence-corrected chi connectivity index (χ2v) is 8.79. The summed E-state index contributed by atoms with van der Waals surface area (Å²) in [6.45, 7) is 4.10. The number of nitrogen functional groups attached to an aromatic ring is 1. The minimum atomic E-state index is -0.253. The van der Waals surface area contributed by atoms with Gasteiger partial charge in [-0.2, -0.15) is 5.10 Å². The average Bonchev–Trinajstić information content (AvgIpc) is 3.35. The first kappa shape index (κ1) is 19.0. The second-order valence-electron chi connectivity index (χ2n) is 8.79. The summed E-state index contributed by atoms with van der Waals surface area (Å²) in [5.41, 5.74) is 13.5. The number of aromatic nitrogens is 6. The first-order chi connectivity index (χ1) is 15.6. The van der Waals surface area contributed by atoms with E-state index in [-0.39, 0.29) is 6.10 Å². The third-order valence-corrected chi connectivity index (χ3v) is 6.59. The fourth-order valence-corrected chi connectivity index (χ4v) is 4.65.